The average molecular weight is 308 g/mol. The lowest BCUT2D eigenvalue weighted by Crippen LogP contribution is -2.18. The van der Waals surface area contributed by atoms with E-state index in [0.717, 1.165) is 0 Å². The Morgan fingerprint density at radius 3 is 2.52 bits per heavy atom. The van der Waals surface area contributed by atoms with E-state index in [1.54, 1.807) is 37.3 Å². The van der Waals surface area contributed by atoms with Crippen molar-refractivity contribution in [3.63, 3.8) is 0 Å². The predicted octanol–water partition coefficient (Wildman–Crippen LogP) is 3.61. The van der Waals surface area contributed by atoms with Crippen molar-refractivity contribution in [3.05, 3.63) is 57.9 Å². The minimum atomic E-state index is -0.659. The van der Waals surface area contributed by atoms with Crippen LogP contribution >= 0.6 is 11.6 Å². The van der Waals surface area contributed by atoms with Crippen molar-refractivity contribution in [1.82, 2.24) is 0 Å². The maximum atomic E-state index is 14.2. The zero-order chi connectivity index (χ0) is 15.0. The van der Waals surface area contributed by atoms with E-state index in [4.69, 9.17) is 26.8 Å². The van der Waals surface area contributed by atoms with Crippen molar-refractivity contribution in [2.75, 3.05) is 13.2 Å². The quantitative estimate of drug-likeness (QED) is 0.922. The van der Waals surface area contributed by atoms with E-state index < -0.39 is 6.04 Å². The van der Waals surface area contributed by atoms with Crippen LogP contribution < -0.4 is 15.2 Å². The van der Waals surface area contributed by atoms with E-state index in [1.807, 2.05) is 0 Å². The molecule has 1 unspecified atom stereocenters. The second-order valence-electron chi connectivity index (χ2n) is 4.97. The summed E-state index contributed by atoms with van der Waals surface area (Å²) >= 11 is 6.26. The van der Waals surface area contributed by atoms with Gasteiger partial charge in [-0.05, 0) is 24.1 Å². The van der Waals surface area contributed by atoms with Crippen molar-refractivity contribution < 1.29 is 13.9 Å². The van der Waals surface area contributed by atoms with Crippen LogP contribution in [0.2, 0.25) is 5.02 Å². The summed E-state index contributed by atoms with van der Waals surface area (Å²) in [7, 11) is 0. The van der Waals surface area contributed by atoms with E-state index in [2.05, 4.69) is 0 Å². The number of aryl methyl sites for hydroxylation is 1. The minimum absolute atomic E-state index is 0.309. The third-order valence-corrected chi connectivity index (χ3v) is 3.88. The van der Waals surface area contributed by atoms with E-state index in [9.17, 15) is 4.39 Å². The van der Waals surface area contributed by atoms with Crippen molar-refractivity contribution in [3.8, 4) is 11.5 Å². The molecular formula is C16H15ClFNO2. The summed E-state index contributed by atoms with van der Waals surface area (Å²) in [4.78, 5) is 0. The summed E-state index contributed by atoms with van der Waals surface area (Å²) in [5.41, 5.74) is 7.78. The smallest absolute Gasteiger partial charge is 0.162 e. The van der Waals surface area contributed by atoms with Gasteiger partial charge in [0.15, 0.2) is 11.5 Å². The van der Waals surface area contributed by atoms with Crippen molar-refractivity contribution in [2.24, 2.45) is 5.73 Å². The van der Waals surface area contributed by atoms with Gasteiger partial charge in [0.05, 0.1) is 6.04 Å². The lowest BCUT2D eigenvalue weighted by Gasteiger charge is -2.22. The van der Waals surface area contributed by atoms with Crippen molar-refractivity contribution in [2.45, 2.75) is 13.0 Å². The van der Waals surface area contributed by atoms with Crippen LogP contribution in [-0.4, -0.2) is 13.2 Å². The topological polar surface area (TPSA) is 44.5 Å². The molecule has 1 aliphatic heterocycles. The van der Waals surface area contributed by atoms with Crippen LogP contribution in [0.5, 0.6) is 11.5 Å². The van der Waals surface area contributed by atoms with Crippen LogP contribution in [0.1, 0.15) is 22.7 Å². The van der Waals surface area contributed by atoms with Crippen LogP contribution in [-0.2, 0) is 0 Å². The van der Waals surface area contributed by atoms with Gasteiger partial charge in [0.2, 0.25) is 0 Å². The summed E-state index contributed by atoms with van der Waals surface area (Å²) in [6.07, 6.45) is 0. The lowest BCUT2D eigenvalue weighted by atomic mass is 9.97. The third-order valence-electron chi connectivity index (χ3n) is 3.55. The normalized spacial score (nSPS) is 14.9. The number of hydrogen-bond donors (Lipinski definition) is 1. The first-order valence-electron chi connectivity index (χ1n) is 6.67. The standard InChI is InChI=1S/C16H15ClFNO2/c1-9-3-2-4-10(15(9)18)16(19)11-7-13-14(8-12(11)17)21-6-5-20-13/h2-4,7-8,16H,5-6,19H2,1H3. The molecule has 1 heterocycles. The van der Waals surface area contributed by atoms with E-state index in [0.29, 0.717) is 46.4 Å². The summed E-state index contributed by atoms with van der Waals surface area (Å²) < 4.78 is 25.2. The Morgan fingerprint density at radius 1 is 1.14 bits per heavy atom. The molecule has 0 saturated heterocycles. The molecule has 0 aliphatic carbocycles. The summed E-state index contributed by atoms with van der Waals surface area (Å²) in [5.74, 6) is 0.868. The first-order valence-corrected chi connectivity index (χ1v) is 7.05. The van der Waals surface area contributed by atoms with Crippen LogP contribution in [0.15, 0.2) is 30.3 Å². The number of benzene rings is 2. The largest absolute Gasteiger partial charge is 0.486 e. The van der Waals surface area contributed by atoms with Gasteiger partial charge in [0, 0.05) is 16.7 Å². The van der Waals surface area contributed by atoms with Gasteiger partial charge in [0.25, 0.3) is 0 Å². The van der Waals surface area contributed by atoms with Gasteiger partial charge >= 0.3 is 0 Å². The van der Waals surface area contributed by atoms with Crippen LogP contribution in [0.3, 0.4) is 0 Å². The molecule has 0 spiro atoms. The van der Waals surface area contributed by atoms with E-state index >= 15 is 0 Å². The molecule has 0 amide bonds. The zero-order valence-electron chi connectivity index (χ0n) is 11.5. The Kier molecular flexibility index (Phi) is 3.74. The van der Waals surface area contributed by atoms with E-state index in [1.165, 1.54) is 0 Å². The first-order chi connectivity index (χ1) is 10.1. The highest BCUT2D eigenvalue weighted by Gasteiger charge is 2.21. The number of nitrogens with two attached hydrogens (primary N) is 1. The van der Waals surface area contributed by atoms with Crippen LogP contribution in [0.4, 0.5) is 4.39 Å². The van der Waals surface area contributed by atoms with Gasteiger partial charge in [-0.25, -0.2) is 4.39 Å². The molecule has 3 nitrogen and oxygen atoms in total. The molecule has 5 heteroatoms. The van der Waals surface area contributed by atoms with Crippen molar-refractivity contribution in [1.29, 1.82) is 0 Å². The molecule has 2 aromatic carbocycles. The number of halogens is 2. The highest BCUT2D eigenvalue weighted by Crippen LogP contribution is 2.39. The fourth-order valence-corrected chi connectivity index (χ4v) is 2.67. The molecule has 0 fully saturated rings. The van der Waals surface area contributed by atoms with Gasteiger partial charge in [-0.2, -0.15) is 0 Å². The number of ether oxygens (including phenoxy) is 2. The maximum Gasteiger partial charge on any atom is 0.162 e. The Labute approximate surface area is 127 Å². The number of hydrogen-bond acceptors (Lipinski definition) is 3. The van der Waals surface area contributed by atoms with Crippen molar-refractivity contribution >= 4 is 11.6 Å². The second kappa shape index (κ2) is 5.54. The molecule has 0 radical (unpaired) electrons. The van der Waals surface area contributed by atoms with Gasteiger partial charge < -0.3 is 15.2 Å². The Balaban J connectivity index is 2.05. The Hall–Kier alpha value is -1.78. The molecule has 1 atom stereocenters. The van der Waals surface area contributed by atoms with Gasteiger partial charge in [-0.15, -0.1) is 0 Å². The summed E-state index contributed by atoms with van der Waals surface area (Å²) in [6.45, 7) is 2.67. The van der Waals surface area contributed by atoms with E-state index in [-0.39, 0.29) is 5.82 Å². The summed E-state index contributed by atoms with van der Waals surface area (Å²) in [5, 5.41) is 0.438. The van der Waals surface area contributed by atoms with Gasteiger partial charge in [0.1, 0.15) is 19.0 Å². The first kappa shape index (κ1) is 14.2. The second-order valence-corrected chi connectivity index (χ2v) is 5.38. The highest BCUT2D eigenvalue weighted by molar-refractivity contribution is 6.31. The van der Waals surface area contributed by atoms with Gasteiger partial charge in [-0.1, -0.05) is 29.8 Å². The van der Waals surface area contributed by atoms with Crippen LogP contribution in [0.25, 0.3) is 0 Å². The summed E-state index contributed by atoms with van der Waals surface area (Å²) in [6, 6.07) is 7.88. The Morgan fingerprint density at radius 2 is 1.81 bits per heavy atom. The molecule has 2 N–H and O–H groups in total. The zero-order valence-corrected chi connectivity index (χ0v) is 12.3. The fourth-order valence-electron chi connectivity index (χ4n) is 2.40. The SMILES string of the molecule is Cc1cccc(C(N)c2cc3c(cc2Cl)OCCO3)c1F. The molecule has 21 heavy (non-hydrogen) atoms. The molecule has 0 bridgehead atoms. The molecule has 0 aromatic heterocycles. The highest BCUT2D eigenvalue weighted by atomic mass is 35.5. The molecular weight excluding hydrogens is 293 g/mol. The monoisotopic (exact) mass is 307 g/mol. The average Bonchev–Trinajstić information content (AvgIpc) is 2.48. The van der Waals surface area contributed by atoms with Gasteiger partial charge in [-0.3, -0.25) is 0 Å². The molecule has 1 aliphatic rings. The molecule has 3 rings (SSSR count). The molecule has 110 valence electrons. The Bertz CT molecular complexity index is 690. The minimum Gasteiger partial charge on any atom is -0.486 e. The lowest BCUT2D eigenvalue weighted by molar-refractivity contribution is 0.171. The maximum absolute atomic E-state index is 14.2. The number of fused-ring (bicyclic) bond motifs is 1. The fraction of sp³-hybridized carbons (Fsp3) is 0.250. The third kappa shape index (κ3) is 2.57. The number of rotatable bonds is 2. The molecule has 0 saturated carbocycles. The predicted molar refractivity (Wildman–Crippen MR) is 79.6 cm³/mol. The van der Waals surface area contributed by atoms with Crippen LogP contribution in [0, 0.1) is 12.7 Å². The molecule has 2 aromatic rings.